The molecule has 0 saturated heterocycles. The molecular weight excluding hydrogens is 363 g/mol. The van der Waals surface area contributed by atoms with Gasteiger partial charge in [0.05, 0.1) is 5.69 Å². The molecule has 0 amide bonds. The van der Waals surface area contributed by atoms with E-state index >= 15 is 0 Å². The Morgan fingerprint density at radius 3 is 2.74 bits per heavy atom. The fraction of sp³-hybridized carbons (Fsp3) is 0.429. The van der Waals surface area contributed by atoms with E-state index in [1.54, 1.807) is 0 Å². The van der Waals surface area contributed by atoms with E-state index in [4.69, 9.17) is 11.6 Å². The van der Waals surface area contributed by atoms with Crippen molar-refractivity contribution in [3.8, 4) is 0 Å². The van der Waals surface area contributed by atoms with Crippen LogP contribution in [0.5, 0.6) is 0 Å². The molecule has 1 aromatic carbocycles. The number of halogens is 2. The van der Waals surface area contributed by atoms with Gasteiger partial charge in [-0.2, -0.15) is 0 Å². The molecule has 2 aliphatic rings. The highest BCUT2D eigenvalue weighted by molar-refractivity contribution is 6.36. The zero-order valence-electron chi connectivity index (χ0n) is 15.2. The molecule has 0 radical (unpaired) electrons. The molecule has 2 aliphatic carbocycles. The van der Waals surface area contributed by atoms with E-state index in [1.807, 2.05) is 28.8 Å². The van der Waals surface area contributed by atoms with Crippen molar-refractivity contribution < 1.29 is 4.39 Å². The second kappa shape index (κ2) is 6.48. The molecule has 1 unspecified atom stereocenters. The van der Waals surface area contributed by atoms with Crippen molar-refractivity contribution in [2.45, 2.75) is 44.6 Å². The van der Waals surface area contributed by atoms with Crippen molar-refractivity contribution in [3.05, 3.63) is 58.8 Å². The van der Waals surface area contributed by atoms with Crippen LogP contribution in [-0.4, -0.2) is 20.6 Å². The molecule has 2 fully saturated rings. The Kier molecular flexibility index (Phi) is 4.08. The lowest BCUT2D eigenvalue weighted by Gasteiger charge is -2.17. The minimum atomic E-state index is -0.184. The van der Waals surface area contributed by atoms with Gasteiger partial charge in [-0.25, -0.2) is 4.39 Å². The highest BCUT2D eigenvalue weighted by atomic mass is 35.5. The van der Waals surface area contributed by atoms with E-state index in [9.17, 15) is 4.39 Å². The van der Waals surface area contributed by atoms with Crippen LogP contribution in [0.1, 0.15) is 43.5 Å². The summed E-state index contributed by atoms with van der Waals surface area (Å²) in [6.45, 7) is 2.18. The van der Waals surface area contributed by atoms with Gasteiger partial charge in [0.1, 0.15) is 16.7 Å². The molecule has 3 atom stereocenters. The summed E-state index contributed by atoms with van der Waals surface area (Å²) in [5.41, 5.74) is 2.82. The lowest BCUT2D eigenvalue weighted by Crippen LogP contribution is -2.19. The Morgan fingerprint density at radius 2 is 2.00 bits per heavy atom. The number of anilines is 1. The SMILES string of the molecule is CC(Nc1ccn2c(CC3CC3)nnc2c1Cl)[C@@H]1C[C@H]1c1ccc(F)cc1. The van der Waals surface area contributed by atoms with Crippen molar-refractivity contribution >= 4 is 22.9 Å². The van der Waals surface area contributed by atoms with E-state index in [-0.39, 0.29) is 11.9 Å². The number of nitrogens with one attached hydrogen (secondary N) is 1. The lowest BCUT2D eigenvalue weighted by atomic mass is 10.1. The first-order valence-electron chi connectivity index (χ1n) is 9.64. The number of hydrogen-bond donors (Lipinski definition) is 1. The summed E-state index contributed by atoms with van der Waals surface area (Å²) in [7, 11) is 0. The molecule has 2 aromatic heterocycles. The predicted octanol–water partition coefficient (Wildman–Crippen LogP) is 5.08. The minimum absolute atomic E-state index is 0.184. The van der Waals surface area contributed by atoms with Gasteiger partial charge in [-0.3, -0.25) is 4.40 Å². The molecule has 2 saturated carbocycles. The number of rotatable bonds is 6. The molecule has 1 N–H and O–H groups in total. The average Bonchev–Trinajstić information content (AvgIpc) is 3.57. The van der Waals surface area contributed by atoms with Crippen molar-refractivity contribution in [2.24, 2.45) is 11.8 Å². The van der Waals surface area contributed by atoms with Gasteiger partial charge < -0.3 is 5.32 Å². The quantitative estimate of drug-likeness (QED) is 0.644. The first-order chi connectivity index (χ1) is 13.1. The molecule has 5 rings (SSSR count). The second-order valence-corrected chi connectivity index (χ2v) is 8.37. The topological polar surface area (TPSA) is 42.2 Å². The third-order valence-corrected chi connectivity index (χ3v) is 6.29. The van der Waals surface area contributed by atoms with Gasteiger partial charge in [-0.15, -0.1) is 10.2 Å². The van der Waals surface area contributed by atoms with E-state index in [1.165, 1.54) is 30.5 Å². The van der Waals surface area contributed by atoms with Crippen molar-refractivity contribution in [1.82, 2.24) is 14.6 Å². The van der Waals surface area contributed by atoms with E-state index in [2.05, 4.69) is 22.4 Å². The molecule has 0 aliphatic heterocycles. The van der Waals surface area contributed by atoms with Crippen LogP contribution >= 0.6 is 11.6 Å². The summed E-state index contributed by atoms with van der Waals surface area (Å²) in [6, 6.07) is 9.15. The molecule has 0 spiro atoms. The normalized spacial score (nSPS) is 22.8. The Morgan fingerprint density at radius 1 is 1.22 bits per heavy atom. The van der Waals surface area contributed by atoms with Gasteiger partial charge in [0, 0.05) is 18.7 Å². The van der Waals surface area contributed by atoms with Crippen LogP contribution < -0.4 is 5.32 Å². The van der Waals surface area contributed by atoms with Crippen LogP contribution in [-0.2, 0) is 6.42 Å². The highest BCUT2D eigenvalue weighted by Crippen LogP contribution is 2.50. The lowest BCUT2D eigenvalue weighted by molar-refractivity contribution is 0.626. The molecule has 27 heavy (non-hydrogen) atoms. The standard InChI is InChI=1S/C21H22ClFN4/c1-12(16-11-17(16)14-4-6-15(23)7-5-14)24-18-8-9-27-19(10-13-2-3-13)25-26-21(27)20(18)22/h4-9,12-13,16-17,24H,2-3,10-11H2,1H3/t12?,16-,17-/m0/s1. The number of benzene rings is 1. The van der Waals surface area contributed by atoms with Gasteiger partial charge in [-0.05, 0) is 67.7 Å². The third kappa shape index (κ3) is 3.29. The van der Waals surface area contributed by atoms with Gasteiger partial charge in [0.2, 0.25) is 0 Å². The number of pyridine rings is 1. The maximum Gasteiger partial charge on any atom is 0.181 e. The molecular formula is C21H22ClFN4. The summed E-state index contributed by atoms with van der Waals surface area (Å²) >= 11 is 6.62. The first kappa shape index (κ1) is 17.0. The summed E-state index contributed by atoms with van der Waals surface area (Å²) in [4.78, 5) is 0. The van der Waals surface area contributed by atoms with E-state index in [0.717, 1.165) is 35.9 Å². The summed E-state index contributed by atoms with van der Waals surface area (Å²) in [6.07, 6.45) is 6.67. The van der Waals surface area contributed by atoms with Crippen molar-refractivity contribution in [1.29, 1.82) is 0 Å². The van der Waals surface area contributed by atoms with Gasteiger partial charge in [0.25, 0.3) is 0 Å². The number of hydrogen-bond acceptors (Lipinski definition) is 3. The summed E-state index contributed by atoms with van der Waals surface area (Å²) in [5.74, 6) is 2.57. The van der Waals surface area contributed by atoms with Crippen molar-refractivity contribution in [2.75, 3.05) is 5.32 Å². The highest BCUT2D eigenvalue weighted by Gasteiger charge is 2.42. The Hall–Kier alpha value is -2.14. The zero-order chi connectivity index (χ0) is 18.5. The van der Waals surface area contributed by atoms with E-state index < -0.39 is 0 Å². The number of fused-ring (bicyclic) bond motifs is 1. The number of aromatic nitrogens is 3. The average molecular weight is 385 g/mol. The van der Waals surface area contributed by atoms with Crippen LogP contribution in [0.3, 0.4) is 0 Å². The second-order valence-electron chi connectivity index (χ2n) is 7.99. The molecule has 3 aromatic rings. The van der Waals surface area contributed by atoms with Crippen LogP contribution in [0.4, 0.5) is 10.1 Å². The van der Waals surface area contributed by atoms with Gasteiger partial charge in [0.15, 0.2) is 5.65 Å². The van der Waals surface area contributed by atoms with Gasteiger partial charge >= 0.3 is 0 Å². The summed E-state index contributed by atoms with van der Waals surface area (Å²) < 4.78 is 15.1. The fourth-order valence-electron chi connectivity index (χ4n) is 4.02. The van der Waals surface area contributed by atoms with Crippen LogP contribution in [0, 0.1) is 17.7 Å². The maximum absolute atomic E-state index is 13.1. The Labute approximate surface area is 162 Å². The predicted molar refractivity (Wildman–Crippen MR) is 105 cm³/mol. The Balaban J connectivity index is 1.31. The van der Waals surface area contributed by atoms with Crippen molar-refractivity contribution in [3.63, 3.8) is 0 Å². The zero-order valence-corrected chi connectivity index (χ0v) is 16.0. The smallest absolute Gasteiger partial charge is 0.181 e. The monoisotopic (exact) mass is 384 g/mol. The molecule has 2 heterocycles. The Bertz CT molecular complexity index is 980. The molecule has 6 heteroatoms. The molecule has 0 bridgehead atoms. The van der Waals surface area contributed by atoms with Crippen LogP contribution in [0.15, 0.2) is 36.5 Å². The third-order valence-electron chi connectivity index (χ3n) is 5.92. The minimum Gasteiger partial charge on any atom is -0.381 e. The van der Waals surface area contributed by atoms with Crippen LogP contribution in [0.2, 0.25) is 5.02 Å². The van der Waals surface area contributed by atoms with E-state index in [0.29, 0.717) is 16.9 Å². The van der Waals surface area contributed by atoms with Crippen LogP contribution in [0.25, 0.3) is 5.65 Å². The number of nitrogens with zero attached hydrogens (tertiary/aromatic N) is 3. The largest absolute Gasteiger partial charge is 0.381 e. The van der Waals surface area contributed by atoms with Gasteiger partial charge in [-0.1, -0.05) is 23.7 Å². The first-order valence-corrected chi connectivity index (χ1v) is 10.0. The molecule has 140 valence electrons. The summed E-state index contributed by atoms with van der Waals surface area (Å²) in [5, 5.41) is 12.8. The molecule has 4 nitrogen and oxygen atoms in total. The fourth-order valence-corrected chi connectivity index (χ4v) is 4.26. The maximum atomic E-state index is 13.1.